The number of fused-ring (bicyclic) bond motifs is 1. The maximum atomic E-state index is 12.4. The van der Waals surface area contributed by atoms with Crippen molar-refractivity contribution in [1.82, 2.24) is 15.3 Å². The molecule has 0 bridgehead atoms. The number of nitrogens with one attached hydrogen (secondary N) is 3. The zero-order chi connectivity index (χ0) is 22.0. The van der Waals surface area contributed by atoms with Gasteiger partial charge in [0.1, 0.15) is 17.6 Å². The molecule has 162 valence electrons. The third-order valence-electron chi connectivity index (χ3n) is 5.39. The number of rotatable bonds is 8. The quantitative estimate of drug-likeness (QED) is 0.513. The maximum Gasteiger partial charge on any atom is 0.246 e. The van der Waals surface area contributed by atoms with Gasteiger partial charge in [0.2, 0.25) is 11.8 Å². The first-order valence-electron chi connectivity index (χ1n) is 10.7. The lowest BCUT2D eigenvalue weighted by Crippen LogP contribution is -2.41. The number of hydrogen-bond donors (Lipinski definition) is 3. The second-order valence-corrected chi connectivity index (χ2v) is 8.42. The van der Waals surface area contributed by atoms with Crippen molar-refractivity contribution in [1.29, 1.82) is 0 Å². The molecule has 0 spiro atoms. The molecular weight excluding hydrogens is 392 g/mol. The summed E-state index contributed by atoms with van der Waals surface area (Å²) in [5.74, 6) is 1.84. The van der Waals surface area contributed by atoms with Gasteiger partial charge in [-0.2, -0.15) is 0 Å². The molecule has 3 atom stereocenters. The van der Waals surface area contributed by atoms with Crippen LogP contribution in [0, 0.1) is 5.92 Å². The summed E-state index contributed by atoms with van der Waals surface area (Å²) in [4.78, 5) is 32.8. The third kappa shape index (κ3) is 5.23. The number of hydrogen-bond acceptors (Lipinski definition) is 4. The van der Waals surface area contributed by atoms with Gasteiger partial charge in [-0.25, -0.2) is 4.98 Å². The van der Waals surface area contributed by atoms with Gasteiger partial charge in [0.15, 0.2) is 0 Å². The number of H-pyrrole nitrogens is 1. The van der Waals surface area contributed by atoms with Crippen LogP contribution in [0.2, 0.25) is 0 Å². The number of amides is 2. The predicted molar refractivity (Wildman–Crippen MR) is 120 cm³/mol. The summed E-state index contributed by atoms with van der Waals surface area (Å²) >= 11 is 0. The van der Waals surface area contributed by atoms with E-state index in [1.165, 1.54) is 0 Å². The standard InChI is InChI=1S/C24H28N4O3/c1-14(2)31-18-10-8-17(9-11-18)26-24(30)15(3)25-22(29)13-16-12-19(16)23-27-20-6-4-5-7-21(20)28-23/h4-11,14-16,19H,12-13H2,1-3H3,(H,25,29)(H,26,30)(H,27,28)/t15-,16-,19-/m0/s1. The van der Waals surface area contributed by atoms with Gasteiger partial charge in [-0.3, -0.25) is 9.59 Å². The highest BCUT2D eigenvalue weighted by Gasteiger charge is 2.42. The summed E-state index contributed by atoms with van der Waals surface area (Å²) in [6.45, 7) is 5.61. The van der Waals surface area contributed by atoms with E-state index in [2.05, 4.69) is 20.6 Å². The minimum atomic E-state index is -0.623. The molecule has 1 aliphatic rings. The van der Waals surface area contributed by atoms with Gasteiger partial charge in [0.05, 0.1) is 17.1 Å². The molecule has 2 aromatic carbocycles. The highest BCUT2D eigenvalue weighted by Crippen LogP contribution is 2.48. The Hall–Kier alpha value is -3.35. The molecule has 0 saturated heterocycles. The molecule has 1 aromatic heterocycles. The van der Waals surface area contributed by atoms with E-state index in [4.69, 9.17) is 4.74 Å². The Morgan fingerprint density at radius 2 is 1.87 bits per heavy atom. The van der Waals surface area contributed by atoms with Crippen molar-refractivity contribution in [2.24, 2.45) is 5.92 Å². The fourth-order valence-electron chi connectivity index (χ4n) is 3.70. The minimum absolute atomic E-state index is 0.0913. The molecular formula is C24H28N4O3. The first-order chi connectivity index (χ1) is 14.9. The maximum absolute atomic E-state index is 12.4. The van der Waals surface area contributed by atoms with Gasteiger partial charge in [-0.1, -0.05) is 12.1 Å². The summed E-state index contributed by atoms with van der Waals surface area (Å²) < 4.78 is 5.60. The highest BCUT2D eigenvalue weighted by molar-refractivity contribution is 5.97. The molecule has 1 saturated carbocycles. The van der Waals surface area contributed by atoms with Crippen LogP contribution >= 0.6 is 0 Å². The molecule has 0 radical (unpaired) electrons. The molecule has 31 heavy (non-hydrogen) atoms. The Bertz CT molecular complexity index is 1040. The summed E-state index contributed by atoms with van der Waals surface area (Å²) in [5.41, 5.74) is 2.62. The van der Waals surface area contributed by atoms with Gasteiger partial charge in [-0.05, 0) is 69.5 Å². The topological polar surface area (TPSA) is 96.1 Å². The zero-order valence-electron chi connectivity index (χ0n) is 18.0. The Morgan fingerprint density at radius 1 is 1.13 bits per heavy atom. The van der Waals surface area contributed by atoms with Crippen LogP contribution < -0.4 is 15.4 Å². The van der Waals surface area contributed by atoms with Gasteiger partial charge < -0.3 is 20.4 Å². The largest absolute Gasteiger partial charge is 0.491 e. The minimum Gasteiger partial charge on any atom is -0.491 e. The Balaban J connectivity index is 1.24. The molecule has 1 heterocycles. The molecule has 4 rings (SSSR count). The Labute approximate surface area is 181 Å². The van der Waals surface area contributed by atoms with Gasteiger partial charge in [0.25, 0.3) is 0 Å². The molecule has 0 aliphatic heterocycles. The lowest BCUT2D eigenvalue weighted by Gasteiger charge is -2.15. The number of benzene rings is 2. The number of ether oxygens (including phenoxy) is 1. The summed E-state index contributed by atoms with van der Waals surface area (Å²) in [7, 11) is 0. The van der Waals surface area contributed by atoms with E-state index in [1.54, 1.807) is 19.1 Å². The van der Waals surface area contributed by atoms with Gasteiger partial charge in [-0.15, -0.1) is 0 Å². The molecule has 2 amide bonds. The SMILES string of the molecule is CC(C)Oc1ccc(NC(=O)[C@H](C)NC(=O)C[C@@H]2C[C@@H]2c2nc3ccccc3[nH]2)cc1. The molecule has 0 unspecified atom stereocenters. The fraction of sp³-hybridized carbons (Fsp3) is 0.375. The second-order valence-electron chi connectivity index (χ2n) is 8.42. The fourth-order valence-corrected chi connectivity index (χ4v) is 3.70. The Morgan fingerprint density at radius 3 is 2.58 bits per heavy atom. The van der Waals surface area contributed by atoms with Crippen molar-refractivity contribution in [3.8, 4) is 5.75 Å². The lowest BCUT2D eigenvalue weighted by atomic mass is 10.2. The van der Waals surface area contributed by atoms with Crippen molar-refractivity contribution >= 4 is 28.5 Å². The molecule has 7 nitrogen and oxygen atoms in total. The van der Waals surface area contributed by atoms with E-state index in [9.17, 15) is 9.59 Å². The van der Waals surface area contributed by atoms with E-state index < -0.39 is 6.04 Å². The normalized spacial score (nSPS) is 18.6. The van der Waals surface area contributed by atoms with Crippen molar-refractivity contribution in [2.45, 2.75) is 51.7 Å². The molecule has 7 heteroatoms. The third-order valence-corrected chi connectivity index (χ3v) is 5.39. The highest BCUT2D eigenvalue weighted by atomic mass is 16.5. The van der Waals surface area contributed by atoms with Crippen molar-refractivity contribution in [3.63, 3.8) is 0 Å². The molecule has 1 fully saturated rings. The van der Waals surface area contributed by atoms with Crippen LogP contribution in [0.3, 0.4) is 0 Å². The number of anilines is 1. The van der Waals surface area contributed by atoms with Crippen LogP contribution in [0.4, 0.5) is 5.69 Å². The van der Waals surface area contributed by atoms with Crippen LogP contribution in [-0.4, -0.2) is 33.9 Å². The van der Waals surface area contributed by atoms with Crippen molar-refractivity contribution in [2.75, 3.05) is 5.32 Å². The van der Waals surface area contributed by atoms with Crippen LogP contribution in [0.1, 0.15) is 45.4 Å². The number of nitrogens with zero attached hydrogens (tertiary/aromatic N) is 1. The molecule has 3 N–H and O–H groups in total. The monoisotopic (exact) mass is 420 g/mol. The van der Waals surface area contributed by atoms with Gasteiger partial charge >= 0.3 is 0 Å². The first kappa shape index (κ1) is 20.9. The molecule has 3 aromatic rings. The van der Waals surface area contributed by atoms with Crippen LogP contribution in [-0.2, 0) is 9.59 Å². The van der Waals surface area contributed by atoms with E-state index in [-0.39, 0.29) is 29.8 Å². The Kier molecular flexibility index (Phi) is 5.93. The average molecular weight is 421 g/mol. The first-order valence-corrected chi connectivity index (χ1v) is 10.7. The number of carbonyl (C=O) groups excluding carboxylic acids is 2. The summed E-state index contributed by atoms with van der Waals surface area (Å²) in [6.07, 6.45) is 1.41. The number of aromatic nitrogens is 2. The summed E-state index contributed by atoms with van der Waals surface area (Å²) in [5, 5.41) is 5.62. The zero-order valence-corrected chi connectivity index (χ0v) is 18.0. The number of carbonyl (C=O) groups is 2. The van der Waals surface area contributed by atoms with E-state index in [1.807, 2.05) is 50.2 Å². The van der Waals surface area contributed by atoms with Crippen LogP contribution in [0.25, 0.3) is 11.0 Å². The van der Waals surface area contributed by atoms with E-state index in [0.29, 0.717) is 12.1 Å². The van der Waals surface area contributed by atoms with Crippen LogP contribution in [0.5, 0.6) is 5.75 Å². The van der Waals surface area contributed by atoms with E-state index >= 15 is 0 Å². The van der Waals surface area contributed by atoms with E-state index in [0.717, 1.165) is 29.0 Å². The van der Waals surface area contributed by atoms with Crippen molar-refractivity contribution in [3.05, 3.63) is 54.4 Å². The van der Waals surface area contributed by atoms with Crippen molar-refractivity contribution < 1.29 is 14.3 Å². The lowest BCUT2D eigenvalue weighted by molar-refractivity contribution is -0.126. The number of aromatic amines is 1. The second kappa shape index (κ2) is 8.79. The summed E-state index contributed by atoms with van der Waals surface area (Å²) in [6, 6.07) is 14.5. The smallest absolute Gasteiger partial charge is 0.246 e. The number of imidazole rings is 1. The van der Waals surface area contributed by atoms with Crippen LogP contribution in [0.15, 0.2) is 48.5 Å². The average Bonchev–Trinajstić information content (AvgIpc) is 3.34. The predicted octanol–water partition coefficient (Wildman–Crippen LogP) is 3.99. The molecule has 1 aliphatic carbocycles. The number of para-hydroxylation sites is 2. The van der Waals surface area contributed by atoms with Gasteiger partial charge in [0, 0.05) is 18.0 Å².